The van der Waals surface area contributed by atoms with Crippen LogP contribution in [0.25, 0.3) is 0 Å². The highest BCUT2D eigenvalue weighted by molar-refractivity contribution is 7.99. The van der Waals surface area contributed by atoms with Crippen molar-refractivity contribution in [3.63, 3.8) is 0 Å². The van der Waals surface area contributed by atoms with Crippen LogP contribution in [-0.2, 0) is 9.59 Å². The Hall–Kier alpha value is -1.27. The molecule has 0 radical (unpaired) electrons. The lowest BCUT2D eigenvalue weighted by Crippen LogP contribution is -2.49. The van der Waals surface area contributed by atoms with Crippen molar-refractivity contribution in [2.24, 2.45) is 5.92 Å². The van der Waals surface area contributed by atoms with E-state index in [9.17, 15) is 9.59 Å². The molecule has 3 heterocycles. The molecule has 0 saturated carbocycles. The van der Waals surface area contributed by atoms with Gasteiger partial charge in [-0.3, -0.25) is 9.59 Å². The van der Waals surface area contributed by atoms with Gasteiger partial charge in [0.05, 0.1) is 12.0 Å². The Morgan fingerprint density at radius 2 is 2.22 bits per heavy atom. The van der Waals surface area contributed by atoms with Gasteiger partial charge in [-0.05, 0) is 30.4 Å². The van der Waals surface area contributed by atoms with Crippen LogP contribution in [0.1, 0.15) is 23.8 Å². The number of nitrogens with zero attached hydrogens (tertiary/aromatic N) is 2. The Bertz CT molecular complexity index is 573. The molecule has 0 aromatic carbocycles. The van der Waals surface area contributed by atoms with Gasteiger partial charge < -0.3 is 9.80 Å². The maximum absolute atomic E-state index is 13.1. The van der Waals surface area contributed by atoms with E-state index in [-0.39, 0.29) is 23.8 Å². The molecule has 6 heteroatoms. The molecule has 2 atom stereocenters. The standard InChI is InChI=1S/C17H22N2O2S2/c1-2-16(20)18-7-3-5-13(11-18)17(21)19-8-10-22-12-14(19)15-6-4-9-23-15/h2,4,6,9,13-14H,1,3,5,7-8,10-12H2. The monoisotopic (exact) mass is 350 g/mol. The van der Waals surface area contributed by atoms with E-state index in [1.807, 2.05) is 17.8 Å². The zero-order chi connectivity index (χ0) is 16.2. The molecule has 2 fully saturated rings. The van der Waals surface area contributed by atoms with Crippen molar-refractivity contribution in [3.05, 3.63) is 35.0 Å². The first-order valence-electron chi connectivity index (χ1n) is 8.03. The quantitative estimate of drug-likeness (QED) is 0.787. The third kappa shape index (κ3) is 3.63. The van der Waals surface area contributed by atoms with Crippen LogP contribution in [-0.4, -0.2) is 52.8 Å². The lowest BCUT2D eigenvalue weighted by atomic mass is 9.95. The number of hydrogen-bond acceptors (Lipinski definition) is 4. The number of hydrogen-bond donors (Lipinski definition) is 0. The highest BCUT2D eigenvalue weighted by Gasteiger charge is 2.35. The van der Waals surface area contributed by atoms with Gasteiger partial charge in [-0.25, -0.2) is 0 Å². The molecule has 3 rings (SSSR count). The Balaban J connectivity index is 1.72. The van der Waals surface area contributed by atoms with Gasteiger partial charge in [0.15, 0.2) is 0 Å². The Kier molecular flexibility index (Phi) is 5.43. The minimum absolute atomic E-state index is 0.0634. The second-order valence-corrected chi connectivity index (χ2v) is 8.09. The summed E-state index contributed by atoms with van der Waals surface area (Å²) in [4.78, 5) is 30.0. The maximum Gasteiger partial charge on any atom is 0.245 e. The third-order valence-electron chi connectivity index (χ3n) is 4.54. The fourth-order valence-corrected chi connectivity index (χ4v) is 5.35. The van der Waals surface area contributed by atoms with Crippen LogP contribution in [0.5, 0.6) is 0 Å². The molecule has 0 spiro atoms. The van der Waals surface area contributed by atoms with E-state index in [1.165, 1.54) is 11.0 Å². The molecule has 0 bridgehead atoms. The van der Waals surface area contributed by atoms with Crippen molar-refractivity contribution in [1.82, 2.24) is 9.80 Å². The molecule has 124 valence electrons. The largest absolute Gasteiger partial charge is 0.338 e. The normalized spacial score (nSPS) is 25.2. The molecule has 2 aliphatic rings. The summed E-state index contributed by atoms with van der Waals surface area (Å²) in [5.74, 6) is 2.04. The molecule has 1 aromatic heterocycles. The topological polar surface area (TPSA) is 40.6 Å². The average Bonchev–Trinajstić information content (AvgIpc) is 3.15. The van der Waals surface area contributed by atoms with Gasteiger partial charge in [-0.2, -0.15) is 11.8 Å². The molecule has 4 nitrogen and oxygen atoms in total. The number of thiophene rings is 1. The van der Waals surface area contributed by atoms with Crippen LogP contribution in [0.15, 0.2) is 30.2 Å². The van der Waals surface area contributed by atoms with Gasteiger partial charge in [0, 0.05) is 36.0 Å². The average molecular weight is 351 g/mol. The number of carbonyl (C=O) groups is 2. The van der Waals surface area contributed by atoms with Gasteiger partial charge in [-0.1, -0.05) is 12.6 Å². The number of piperidine rings is 1. The van der Waals surface area contributed by atoms with Gasteiger partial charge in [0.2, 0.25) is 11.8 Å². The number of carbonyl (C=O) groups excluding carboxylic acids is 2. The van der Waals surface area contributed by atoms with Crippen LogP contribution in [0.3, 0.4) is 0 Å². The van der Waals surface area contributed by atoms with Crippen LogP contribution in [0.4, 0.5) is 0 Å². The minimum atomic E-state index is -0.0711. The first-order valence-corrected chi connectivity index (χ1v) is 10.1. The smallest absolute Gasteiger partial charge is 0.245 e. The number of rotatable bonds is 3. The zero-order valence-electron chi connectivity index (χ0n) is 13.1. The van der Waals surface area contributed by atoms with E-state index >= 15 is 0 Å². The highest BCUT2D eigenvalue weighted by Crippen LogP contribution is 2.34. The predicted molar refractivity (Wildman–Crippen MR) is 95.6 cm³/mol. The van der Waals surface area contributed by atoms with E-state index in [0.29, 0.717) is 6.54 Å². The Morgan fingerprint density at radius 1 is 1.35 bits per heavy atom. The summed E-state index contributed by atoms with van der Waals surface area (Å²) in [6.45, 7) is 5.62. The Morgan fingerprint density at radius 3 is 2.96 bits per heavy atom. The van der Waals surface area contributed by atoms with E-state index in [1.54, 1.807) is 16.2 Å². The summed E-state index contributed by atoms with van der Waals surface area (Å²) < 4.78 is 0. The first kappa shape index (κ1) is 16.6. The molecular formula is C17H22N2O2S2. The molecular weight excluding hydrogens is 328 g/mol. The zero-order valence-corrected chi connectivity index (χ0v) is 14.8. The molecule has 2 amide bonds. The molecule has 23 heavy (non-hydrogen) atoms. The maximum atomic E-state index is 13.1. The number of amides is 2. The molecule has 2 unspecified atom stereocenters. The molecule has 2 saturated heterocycles. The summed E-state index contributed by atoms with van der Waals surface area (Å²) >= 11 is 3.63. The molecule has 0 N–H and O–H groups in total. The van der Waals surface area contributed by atoms with Crippen molar-refractivity contribution >= 4 is 34.9 Å². The molecule has 2 aliphatic heterocycles. The van der Waals surface area contributed by atoms with Crippen LogP contribution >= 0.6 is 23.1 Å². The van der Waals surface area contributed by atoms with Gasteiger partial charge >= 0.3 is 0 Å². The van der Waals surface area contributed by atoms with Gasteiger partial charge in [-0.15, -0.1) is 11.3 Å². The lowest BCUT2D eigenvalue weighted by Gasteiger charge is -2.39. The summed E-state index contributed by atoms with van der Waals surface area (Å²) in [5.41, 5.74) is 0. The van der Waals surface area contributed by atoms with Crippen molar-refractivity contribution in [1.29, 1.82) is 0 Å². The van der Waals surface area contributed by atoms with E-state index in [2.05, 4.69) is 22.9 Å². The minimum Gasteiger partial charge on any atom is -0.338 e. The third-order valence-corrected chi connectivity index (χ3v) is 6.54. The van der Waals surface area contributed by atoms with Crippen LogP contribution < -0.4 is 0 Å². The van der Waals surface area contributed by atoms with Crippen LogP contribution in [0.2, 0.25) is 0 Å². The van der Waals surface area contributed by atoms with Gasteiger partial charge in [0.1, 0.15) is 0 Å². The van der Waals surface area contributed by atoms with Gasteiger partial charge in [0.25, 0.3) is 0 Å². The summed E-state index contributed by atoms with van der Waals surface area (Å²) in [7, 11) is 0. The van der Waals surface area contributed by atoms with E-state index in [0.717, 1.165) is 37.4 Å². The summed E-state index contributed by atoms with van der Waals surface area (Å²) in [6.07, 6.45) is 3.11. The SMILES string of the molecule is C=CC(=O)N1CCCC(C(=O)N2CCSCC2c2cccs2)C1. The van der Waals surface area contributed by atoms with Crippen molar-refractivity contribution in [3.8, 4) is 0 Å². The van der Waals surface area contributed by atoms with Crippen LogP contribution in [0, 0.1) is 5.92 Å². The summed E-state index contributed by atoms with van der Waals surface area (Å²) in [6, 6.07) is 4.36. The highest BCUT2D eigenvalue weighted by atomic mass is 32.2. The van der Waals surface area contributed by atoms with Crippen molar-refractivity contribution < 1.29 is 9.59 Å². The fourth-order valence-electron chi connectivity index (χ4n) is 3.33. The fraction of sp³-hybridized carbons (Fsp3) is 0.529. The second-order valence-electron chi connectivity index (χ2n) is 5.97. The van der Waals surface area contributed by atoms with E-state index < -0.39 is 0 Å². The first-order chi connectivity index (χ1) is 11.2. The van der Waals surface area contributed by atoms with E-state index in [4.69, 9.17) is 0 Å². The number of thioether (sulfide) groups is 1. The Labute approximate surface area is 145 Å². The summed E-state index contributed by atoms with van der Waals surface area (Å²) in [5, 5.41) is 2.07. The van der Waals surface area contributed by atoms with Crippen molar-refractivity contribution in [2.75, 3.05) is 31.1 Å². The number of likely N-dealkylation sites (tertiary alicyclic amines) is 1. The molecule has 0 aliphatic carbocycles. The lowest BCUT2D eigenvalue weighted by molar-refractivity contribution is -0.141. The van der Waals surface area contributed by atoms with Crippen molar-refractivity contribution in [2.45, 2.75) is 18.9 Å². The predicted octanol–water partition coefficient (Wildman–Crippen LogP) is 2.79. The molecule has 1 aromatic rings. The second kappa shape index (κ2) is 7.53.